The third kappa shape index (κ3) is 6.67. The largest absolute Gasteiger partial charge is 0.405 e. The van der Waals surface area contributed by atoms with Crippen molar-refractivity contribution in [2.45, 2.75) is 39.0 Å². The van der Waals surface area contributed by atoms with Crippen LogP contribution in [0.5, 0.6) is 0 Å². The number of fused-ring (bicyclic) bond motifs is 2. The molecule has 46 heavy (non-hydrogen) atoms. The summed E-state index contributed by atoms with van der Waals surface area (Å²) in [7, 11) is 0. The number of nitrogens with two attached hydrogens (primary N) is 2. The lowest BCUT2D eigenvalue weighted by atomic mass is 9.82. The van der Waals surface area contributed by atoms with Crippen LogP contribution in [-0.2, 0) is 5.41 Å². The van der Waals surface area contributed by atoms with Gasteiger partial charge in [-0.15, -0.1) is 0 Å². The van der Waals surface area contributed by atoms with Gasteiger partial charge in [-0.3, -0.25) is 0 Å². The van der Waals surface area contributed by atoms with Gasteiger partial charge in [0.25, 0.3) is 0 Å². The molecular formula is C44H44N2. The van der Waals surface area contributed by atoms with Crippen molar-refractivity contribution in [2.75, 3.05) is 0 Å². The zero-order valence-corrected chi connectivity index (χ0v) is 27.3. The minimum Gasteiger partial charge on any atom is -0.405 e. The predicted molar refractivity (Wildman–Crippen MR) is 204 cm³/mol. The first kappa shape index (κ1) is 32.1. The van der Waals surface area contributed by atoms with Gasteiger partial charge in [0, 0.05) is 6.20 Å². The molecule has 0 bridgehead atoms. The summed E-state index contributed by atoms with van der Waals surface area (Å²) in [6, 6.07) is 30.9. The summed E-state index contributed by atoms with van der Waals surface area (Å²) < 4.78 is 0. The molecule has 2 heteroatoms. The van der Waals surface area contributed by atoms with Crippen LogP contribution < -0.4 is 11.5 Å². The molecule has 0 spiro atoms. The fourth-order valence-corrected chi connectivity index (χ4v) is 6.13. The van der Waals surface area contributed by atoms with Gasteiger partial charge >= 0.3 is 0 Å². The first-order valence-electron chi connectivity index (χ1n) is 15.9. The highest BCUT2D eigenvalue weighted by molar-refractivity contribution is 6.12. The van der Waals surface area contributed by atoms with E-state index in [-0.39, 0.29) is 5.41 Å². The molecule has 5 rings (SSSR count). The lowest BCUT2D eigenvalue weighted by molar-refractivity contribution is 0.590. The standard InChI is InChI=1S/C44H44N2/c1-6-38-39(7-2)43(41-18-14-13-17-40(41)42(38)31-23-25-37(26-24-31)44(3,4)5)35-22-21-32-28-34(20-19-33(32)29-35)36(30-46)16-12-10-8-9-11-15-27-45/h6-7,9,11-30H,1-2,8,10,45-46H2,3-5H3/b11-9-,16-12-,27-15-,36-30+. The van der Waals surface area contributed by atoms with E-state index in [0.717, 1.165) is 46.1 Å². The quantitative estimate of drug-likeness (QED) is 0.124. The van der Waals surface area contributed by atoms with E-state index in [4.69, 9.17) is 11.5 Å². The van der Waals surface area contributed by atoms with E-state index < -0.39 is 0 Å². The van der Waals surface area contributed by atoms with Crippen molar-refractivity contribution in [1.82, 2.24) is 0 Å². The first-order chi connectivity index (χ1) is 22.3. The zero-order valence-electron chi connectivity index (χ0n) is 27.3. The molecule has 0 aliphatic rings. The smallest absolute Gasteiger partial charge is 0.00174 e. The third-order valence-corrected chi connectivity index (χ3v) is 8.54. The average molecular weight is 601 g/mol. The summed E-state index contributed by atoms with van der Waals surface area (Å²) >= 11 is 0. The number of benzene rings is 5. The maximum Gasteiger partial charge on any atom is 0.00174 e. The third-order valence-electron chi connectivity index (χ3n) is 8.54. The Balaban J connectivity index is 1.57. The van der Waals surface area contributed by atoms with Crippen LogP contribution in [0.25, 0.3) is 61.5 Å². The van der Waals surface area contributed by atoms with E-state index in [2.05, 4.69) is 137 Å². The van der Waals surface area contributed by atoms with Crippen molar-refractivity contribution in [3.05, 3.63) is 163 Å². The number of unbranched alkanes of at least 4 members (excludes halogenated alkanes) is 1. The molecule has 0 unspecified atom stereocenters. The number of allylic oxidation sites excluding steroid dienone is 6. The highest BCUT2D eigenvalue weighted by Crippen LogP contribution is 2.44. The van der Waals surface area contributed by atoms with Crippen molar-refractivity contribution < 1.29 is 0 Å². The van der Waals surface area contributed by atoms with Crippen molar-refractivity contribution in [2.24, 2.45) is 11.5 Å². The molecular weight excluding hydrogens is 556 g/mol. The summed E-state index contributed by atoms with van der Waals surface area (Å²) in [5, 5.41) is 4.73. The van der Waals surface area contributed by atoms with Crippen LogP contribution in [0, 0.1) is 0 Å². The molecule has 230 valence electrons. The first-order valence-corrected chi connectivity index (χ1v) is 15.9. The summed E-state index contributed by atoms with van der Waals surface area (Å²) in [4.78, 5) is 0. The van der Waals surface area contributed by atoms with Gasteiger partial charge in [-0.25, -0.2) is 0 Å². The molecule has 0 aliphatic heterocycles. The van der Waals surface area contributed by atoms with E-state index in [1.807, 2.05) is 24.3 Å². The lowest BCUT2D eigenvalue weighted by Crippen LogP contribution is -2.10. The fourth-order valence-electron chi connectivity index (χ4n) is 6.13. The van der Waals surface area contributed by atoms with Crippen LogP contribution in [0.1, 0.15) is 55.9 Å². The minimum absolute atomic E-state index is 0.0913. The molecule has 5 aromatic carbocycles. The Hall–Kier alpha value is -5.34. The Labute approximate surface area is 274 Å². The van der Waals surface area contributed by atoms with Crippen LogP contribution in [0.4, 0.5) is 0 Å². The fraction of sp³-hybridized carbons (Fsp3) is 0.136. The molecule has 0 saturated heterocycles. The number of rotatable bonds is 10. The SMILES string of the molecule is C=Cc1c(C=C)c(-c2ccc3cc(C(/C=C\CC/C=C\C=C/N)=C/N)ccc3c2)c2ccccc2c1-c1ccc(C(C)(C)C)cc1. The molecule has 4 N–H and O–H groups in total. The van der Waals surface area contributed by atoms with Gasteiger partial charge in [-0.05, 0) is 114 Å². The molecule has 0 amide bonds. The number of hydrogen-bond donors (Lipinski definition) is 2. The van der Waals surface area contributed by atoms with Crippen LogP contribution in [0.3, 0.4) is 0 Å². The maximum atomic E-state index is 6.05. The summed E-state index contributed by atoms with van der Waals surface area (Å²) in [6.07, 6.45) is 19.2. The molecule has 0 aliphatic carbocycles. The zero-order chi connectivity index (χ0) is 32.7. The molecule has 0 heterocycles. The molecule has 0 saturated carbocycles. The van der Waals surface area contributed by atoms with Gasteiger partial charge in [0.1, 0.15) is 0 Å². The van der Waals surface area contributed by atoms with Gasteiger partial charge in [-0.1, -0.05) is 143 Å². The predicted octanol–water partition coefficient (Wildman–Crippen LogP) is 11.6. The number of hydrogen-bond acceptors (Lipinski definition) is 2. The van der Waals surface area contributed by atoms with Crippen LogP contribution in [0.2, 0.25) is 0 Å². The van der Waals surface area contributed by atoms with E-state index >= 15 is 0 Å². The van der Waals surface area contributed by atoms with Crippen molar-refractivity contribution in [3.8, 4) is 22.3 Å². The minimum atomic E-state index is 0.0913. The topological polar surface area (TPSA) is 52.0 Å². The lowest BCUT2D eigenvalue weighted by Gasteiger charge is -2.22. The summed E-state index contributed by atoms with van der Waals surface area (Å²) in [5.41, 5.74) is 21.8. The molecule has 2 nitrogen and oxygen atoms in total. The Morgan fingerprint density at radius 2 is 1.26 bits per heavy atom. The normalized spacial score (nSPS) is 12.6. The Bertz CT molecular complexity index is 2010. The van der Waals surface area contributed by atoms with Crippen molar-refractivity contribution >= 4 is 39.3 Å². The Morgan fingerprint density at radius 3 is 1.87 bits per heavy atom. The van der Waals surface area contributed by atoms with Crippen LogP contribution in [-0.4, -0.2) is 0 Å². The van der Waals surface area contributed by atoms with Gasteiger partial charge in [0.2, 0.25) is 0 Å². The maximum absolute atomic E-state index is 6.05. The van der Waals surface area contributed by atoms with Gasteiger partial charge in [0.15, 0.2) is 0 Å². The van der Waals surface area contributed by atoms with E-state index in [1.165, 1.54) is 44.6 Å². The molecule has 0 radical (unpaired) electrons. The summed E-state index contributed by atoms with van der Waals surface area (Å²) in [6.45, 7) is 15.3. The van der Waals surface area contributed by atoms with E-state index in [9.17, 15) is 0 Å². The highest BCUT2D eigenvalue weighted by Gasteiger charge is 2.20. The molecule has 0 aromatic heterocycles. The second-order valence-corrected chi connectivity index (χ2v) is 12.6. The van der Waals surface area contributed by atoms with E-state index in [1.54, 1.807) is 6.20 Å². The van der Waals surface area contributed by atoms with Gasteiger partial charge in [0.05, 0.1) is 0 Å². The average Bonchev–Trinajstić information content (AvgIpc) is 3.07. The molecule has 0 atom stereocenters. The molecule has 5 aromatic rings. The van der Waals surface area contributed by atoms with Crippen molar-refractivity contribution in [1.29, 1.82) is 0 Å². The van der Waals surface area contributed by atoms with E-state index in [0.29, 0.717) is 0 Å². The van der Waals surface area contributed by atoms with Crippen molar-refractivity contribution in [3.63, 3.8) is 0 Å². The second kappa shape index (κ2) is 14.2. The van der Waals surface area contributed by atoms with Gasteiger partial charge < -0.3 is 11.5 Å². The van der Waals surface area contributed by atoms with Gasteiger partial charge in [-0.2, -0.15) is 0 Å². The monoisotopic (exact) mass is 600 g/mol. The van der Waals surface area contributed by atoms with Crippen LogP contribution >= 0.6 is 0 Å². The summed E-state index contributed by atoms with van der Waals surface area (Å²) in [5.74, 6) is 0. The van der Waals surface area contributed by atoms with Crippen LogP contribution in [0.15, 0.2) is 141 Å². The Kier molecular flexibility index (Phi) is 9.88. The Morgan fingerprint density at radius 1 is 0.674 bits per heavy atom. The molecule has 0 fully saturated rings. The second-order valence-electron chi connectivity index (χ2n) is 12.6. The highest BCUT2D eigenvalue weighted by atomic mass is 14.5.